The molecule has 4 rings (SSSR count). The summed E-state index contributed by atoms with van der Waals surface area (Å²) < 4.78 is 16.2. The Morgan fingerprint density at radius 3 is 2.32 bits per heavy atom. The highest BCUT2D eigenvalue weighted by Crippen LogP contribution is 2.30. The molecule has 2 heterocycles. The minimum atomic E-state index is -0.210. The van der Waals surface area contributed by atoms with Crippen molar-refractivity contribution < 1.29 is 4.39 Å². The van der Waals surface area contributed by atoms with Crippen molar-refractivity contribution in [2.75, 3.05) is 37.6 Å². The number of piperazine rings is 1. The maximum Gasteiger partial charge on any atom is 0.161 e. The molecule has 0 bridgehead atoms. The molecule has 0 saturated carbocycles. The molecule has 1 aliphatic heterocycles. The third-order valence-corrected chi connectivity index (χ3v) is 6.97. The number of aromatic nitrogens is 1. The normalized spacial score (nSPS) is 15.1. The number of rotatable bonds is 5. The van der Waals surface area contributed by atoms with E-state index in [-0.39, 0.29) is 5.82 Å². The number of halogens is 1. The van der Waals surface area contributed by atoms with Crippen LogP contribution in [0.1, 0.15) is 4.88 Å². The molecule has 146 valence electrons. The average molecular weight is 414 g/mol. The fourth-order valence-electron chi connectivity index (χ4n) is 3.76. The Kier molecular flexibility index (Phi) is 5.90. The minimum absolute atomic E-state index is 0.210. The molecule has 6 heteroatoms. The van der Waals surface area contributed by atoms with Crippen molar-refractivity contribution in [2.24, 2.45) is 7.05 Å². The molecule has 0 aliphatic carbocycles. The fourth-order valence-corrected chi connectivity index (χ4v) is 5.14. The average Bonchev–Trinajstić information content (AvgIpc) is 3.02. The molecule has 0 spiro atoms. The lowest BCUT2D eigenvalue weighted by molar-refractivity contribution is 0.261. The first-order chi connectivity index (χ1) is 13.6. The van der Waals surface area contributed by atoms with Gasteiger partial charge in [-0.1, -0.05) is 18.2 Å². The Morgan fingerprint density at radius 2 is 1.64 bits per heavy atom. The number of anilines is 1. The summed E-state index contributed by atoms with van der Waals surface area (Å²) in [6, 6.07) is 17.3. The van der Waals surface area contributed by atoms with E-state index in [1.165, 1.54) is 22.7 Å². The predicted octanol–water partition coefficient (Wildman–Crippen LogP) is 4.99. The van der Waals surface area contributed by atoms with Gasteiger partial charge in [0.15, 0.2) is 3.95 Å². The Labute approximate surface area is 174 Å². The molecule has 1 aromatic heterocycles. The van der Waals surface area contributed by atoms with E-state index in [0.717, 1.165) is 54.4 Å². The first-order valence-electron chi connectivity index (χ1n) is 9.59. The lowest BCUT2D eigenvalue weighted by atomic mass is 10.1. The Hall–Kier alpha value is -2.02. The van der Waals surface area contributed by atoms with Crippen molar-refractivity contribution >= 4 is 29.2 Å². The lowest BCUT2D eigenvalue weighted by Crippen LogP contribution is -2.46. The summed E-state index contributed by atoms with van der Waals surface area (Å²) in [5, 5.41) is 0. The van der Waals surface area contributed by atoms with Gasteiger partial charge in [-0.3, -0.25) is 4.90 Å². The van der Waals surface area contributed by atoms with Crippen LogP contribution in [0.3, 0.4) is 0 Å². The first kappa shape index (κ1) is 19.3. The largest absolute Gasteiger partial charge is 0.369 e. The van der Waals surface area contributed by atoms with E-state index < -0.39 is 0 Å². The van der Waals surface area contributed by atoms with Crippen molar-refractivity contribution in [3.8, 4) is 11.3 Å². The molecule has 0 radical (unpaired) electrons. The Morgan fingerprint density at radius 1 is 0.964 bits per heavy atom. The van der Waals surface area contributed by atoms with Crippen LogP contribution in [-0.4, -0.2) is 42.2 Å². The van der Waals surface area contributed by atoms with Crippen LogP contribution < -0.4 is 4.90 Å². The van der Waals surface area contributed by atoms with Crippen LogP contribution >= 0.6 is 23.6 Å². The zero-order chi connectivity index (χ0) is 19.5. The lowest BCUT2D eigenvalue weighted by Gasteiger charge is -2.36. The quantitative estimate of drug-likeness (QED) is 0.547. The van der Waals surface area contributed by atoms with E-state index in [1.54, 1.807) is 11.3 Å². The van der Waals surface area contributed by atoms with Gasteiger partial charge < -0.3 is 9.47 Å². The van der Waals surface area contributed by atoms with Gasteiger partial charge in [0.1, 0.15) is 5.82 Å². The maximum absolute atomic E-state index is 13.3. The van der Waals surface area contributed by atoms with Crippen molar-refractivity contribution in [1.82, 2.24) is 9.47 Å². The van der Waals surface area contributed by atoms with Crippen LogP contribution in [0.25, 0.3) is 11.3 Å². The summed E-state index contributed by atoms with van der Waals surface area (Å²) >= 11 is 7.19. The van der Waals surface area contributed by atoms with Crippen LogP contribution in [0.5, 0.6) is 0 Å². The molecule has 0 amide bonds. The summed E-state index contributed by atoms with van der Waals surface area (Å²) in [5.74, 6) is -0.210. The summed E-state index contributed by atoms with van der Waals surface area (Å²) in [4.78, 5) is 6.26. The Bertz CT molecular complexity index is 971. The van der Waals surface area contributed by atoms with Crippen molar-refractivity contribution in [2.45, 2.75) is 6.42 Å². The van der Waals surface area contributed by atoms with Crippen LogP contribution in [-0.2, 0) is 13.5 Å². The number of benzene rings is 2. The van der Waals surface area contributed by atoms with Gasteiger partial charge in [0.25, 0.3) is 0 Å². The van der Waals surface area contributed by atoms with E-state index in [1.807, 2.05) is 19.2 Å². The molecular formula is C22H24FN3S2. The number of nitrogens with zero attached hydrogens (tertiary/aromatic N) is 3. The summed E-state index contributed by atoms with van der Waals surface area (Å²) in [6.07, 6.45) is 0.965. The number of para-hydroxylation sites is 1. The van der Waals surface area contributed by atoms with Crippen LogP contribution in [0.2, 0.25) is 0 Å². The van der Waals surface area contributed by atoms with Crippen molar-refractivity contribution in [3.63, 3.8) is 0 Å². The third kappa shape index (κ3) is 4.19. The van der Waals surface area contributed by atoms with Crippen LogP contribution in [0.15, 0.2) is 54.6 Å². The zero-order valence-electron chi connectivity index (χ0n) is 16.0. The number of thiazole rings is 1. The van der Waals surface area contributed by atoms with Gasteiger partial charge in [-0.05, 0) is 60.6 Å². The SMILES string of the molecule is Cn1c(-c2ccc(F)cc2)c(CCN2CCN(c3ccccc3)CC2)sc1=S. The van der Waals surface area contributed by atoms with E-state index in [4.69, 9.17) is 12.2 Å². The van der Waals surface area contributed by atoms with Gasteiger partial charge in [-0.15, -0.1) is 11.3 Å². The van der Waals surface area contributed by atoms with Gasteiger partial charge >= 0.3 is 0 Å². The minimum Gasteiger partial charge on any atom is -0.369 e. The van der Waals surface area contributed by atoms with E-state index in [2.05, 4.69) is 44.7 Å². The number of hydrogen-bond acceptors (Lipinski definition) is 4. The predicted molar refractivity (Wildman–Crippen MR) is 118 cm³/mol. The molecular weight excluding hydrogens is 389 g/mol. The second-order valence-electron chi connectivity index (χ2n) is 7.12. The molecule has 1 fully saturated rings. The van der Waals surface area contributed by atoms with E-state index >= 15 is 0 Å². The van der Waals surface area contributed by atoms with Crippen molar-refractivity contribution in [1.29, 1.82) is 0 Å². The second-order valence-corrected chi connectivity index (χ2v) is 8.85. The smallest absolute Gasteiger partial charge is 0.161 e. The summed E-state index contributed by atoms with van der Waals surface area (Å²) in [6.45, 7) is 5.27. The molecule has 0 unspecified atom stereocenters. The molecule has 1 saturated heterocycles. The van der Waals surface area contributed by atoms with E-state index in [0.29, 0.717) is 0 Å². The van der Waals surface area contributed by atoms with Gasteiger partial charge in [0.2, 0.25) is 0 Å². The zero-order valence-corrected chi connectivity index (χ0v) is 17.6. The molecule has 2 aromatic carbocycles. The van der Waals surface area contributed by atoms with Gasteiger partial charge in [0, 0.05) is 50.3 Å². The number of hydrogen-bond donors (Lipinski definition) is 0. The summed E-state index contributed by atoms with van der Waals surface area (Å²) in [5.41, 5.74) is 3.46. The third-order valence-electron chi connectivity index (χ3n) is 5.35. The summed E-state index contributed by atoms with van der Waals surface area (Å²) in [7, 11) is 2.00. The van der Waals surface area contributed by atoms with Crippen LogP contribution in [0.4, 0.5) is 10.1 Å². The standard InChI is InChI=1S/C22H24FN3S2/c1-24-21(17-7-9-18(23)10-8-17)20(28-22(24)27)11-12-25-13-15-26(16-14-25)19-5-3-2-4-6-19/h2-10H,11-16H2,1H3. The molecule has 1 aliphatic rings. The molecule has 3 aromatic rings. The monoisotopic (exact) mass is 413 g/mol. The topological polar surface area (TPSA) is 11.4 Å². The van der Waals surface area contributed by atoms with Crippen molar-refractivity contribution in [3.05, 3.63) is 69.2 Å². The fraction of sp³-hybridized carbons (Fsp3) is 0.318. The molecule has 28 heavy (non-hydrogen) atoms. The van der Waals surface area contributed by atoms with Gasteiger partial charge in [-0.25, -0.2) is 4.39 Å². The van der Waals surface area contributed by atoms with Crippen LogP contribution in [0, 0.1) is 9.77 Å². The highest BCUT2D eigenvalue weighted by molar-refractivity contribution is 7.73. The Balaban J connectivity index is 1.41. The highest BCUT2D eigenvalue weighted by atomic mass is 32.1. The van der Waals surface area contributed by atoms with Gasteiger partial charge in [0.05, 0.1) is 5.69 Å². The second kappa shape index (κ2) is 8.55. The van der Waals surface area contributed by atoms with E-state index in [9.17, 15) is 4.39 Å². The highest BCUT2D eigenvalue weighted by Gasteiger charge is 2.19. The molecule has 0 N–H and O–H groups in total. The van der Waals surface area contributed by atoms with Gasteiger partial charge in [-0.2, -0.15) is 0 Å². The molecule has 3 nitrogen and oxygen atoms in total. The maximum atomic E-state index is 13.3. The first-order valence-corrected chi connectivity index (χ1v) is 10.8. The molecule has 0 atom stereocenters.